The molecule has 0 saturated heterocycles. The Labute approximate surface area is 158 Å². The number of rotatable bonds is 7. The quantitative estimate of drug-likeness (QED) is 0.598. The first-order valence-corrected chi connectivity index (χ1v) is 9.46. The van der Waals surface area contributed by atoms with Gasteiger partial charge in [0.25, 0.3) is 5.91 Å². The van der Waals surface area contributed by atoms with Crippen LogP contribution in [0.4, 0.5) is 0 Å². The largest absolute Gasteiger partial charge is 0.470 e. The number of fused-ring (bicyclic) bond motifs is 1. The fourth-order valence-corrected chi connectivity index (χ4v) is 3.12. The molecule has 0 radical (unpaired) electrons. The van der Waals surface area contributed by atoms with Crippen LogP contribution < -0.4 is 10.1 Å². The average molecular weight is 372 g/mol. The molecule has 138 valence electrons. The van der Waals surface area contributed by atoms with Gasteiger partial charge in [-0.05, 0) is 56.4 Å². The fraction of sp³-hybridized carbons (Fsp3) is 0.400. The SMILES string of the molecule is C#CC(C)(COC)NC(=O)C(Oc1cc(C)c2ncc(C)cc2c1)SC. The van der Waals surface area contributed by atoms with E-state index in [0.29, 0.717) is 5.75 Å². The number of nitrogens with zero attached hydrogens (tertiary/aromatic N) is 1. The van der Waals surface area contributed by atoms with Crippen molar-refractivity contribution in [3.63, 3.8) is 0 Å². The zero-order chi connectivity index (χ0) is 19.3. The van der Waals surface area contributed by atoms with Crippen LogP contribution in [0.3, 0.4) is 0 Å². The van der Waals surface area contributed by atoms with Gasteiger partial charge >= 0.3 is 0 Å². The molecule has 1 aromatic carbocycles. The molecule has 2 rings (SSSR count). The molecule has 1 aromatic heterocycles. The molecule has 1 heterocycles. The number of carbonyl (C=O) groups excluding carboxylic acids is 1. The summed E-state index contributed by atoms with van der Waals surface area (Å²) in [7, 11) is 1.54. The summed E-state index contributed by atoms with van der Waals surface area (Å²) >= 11 is 1.30. The normalized spacial score (nSPS) is 14.3. The molecule has 0 aliphatic heterocycles. The lowest BCUT2D eigenvalue weighted by Crippen LogP contribution is -2.52. The van der Waals surface area contributed by atoms with E-state index in [9.17, 15) is 4.79 Å². The first-order valence-electron chi connectivity index (χ1n) is 8.17. The summed E-state index contributed by atoms with van der Waals surface area (Å²) in [5, 5.41) is 3.80. The molecule has 5 nitrogen and oxygen atoms in total. The van der Waals surface area contributed by atoms with Gasteiger partial charge in [-0.15, -0.1) is 18.2 Å². The summed E-state index contributed by atoms with van der Waals surface area (Å²) in [6.07, 6.45) is 9.18. The third-order valence-corrected chi connectivity index (χ3v) is 4.64. The number of methoxy groups -OCH3 is 1. The monoisotopic (exact) mass is 372 g/mol. The second kappa shape index (κ2) is 8.43. The van der Waals surface area contributed by atoms with Crippen LogP contribution in [-0.2, 0) is 9.53 Å². The van der Waals surface area contributed by atoms with Crippen molar-refractivity contribution >= 4 is 28.6 Å². The highest BCUT2D eigenvalue weighted by atomic mass is 32.2. The van der Waals surface area contributed by atoms with Gasteiger partial charge in [0.15, 0.2) is 0 Å². The van der Waals surface area contributed by atoms with Gasteiger partial charge in [0.1, 0.15) is 11.3 Å². The van der Waals surface area contributed by atoms with E-state index in [-0.39, 0.29) is 12.5 Å². The minimum Gasteiger partial charge on any atom is -0.470 e. The second-order valence-electron chi connectivity index (χ2n) is 6.41. The number of amides is 1. The highest BCUT2D eigenvalue weighted by Crippen LogP contribution is 2.26. The van der Waals surface area contributed by atoms with Crippen molar-refractivity contribution in [2.24, 2.45) is 0 Å². The van der Waals surface area contributed by atoms with Crippen LogP contribution >= 0.6 is 11.8 Å². The Morgan fingerprint density at radius 3 is 2.77 bits per heavy atom. The molecule has 6 heteroatoms. The zero-order valence-electron chi connectivity index (χ0n) is 15.8. The van der Waals surface area contributed by atoms with Gasteiger partial charge in [0, 0.05) is 18.7 Å². The lowest BCUT2D eigenvalue weighted by Gasteiger charge is -2.26. The van der Waals surface area contributed by atoms with Gasteiger partial charge in [0.05, 0.1) is 12.1 Å². The molecule has 1 amide bonds. The fourth-order valence-electron chi connectivity index (χ4n) is 2.64. The molecule has 2 unspecified atom stereocenters. The maximum absolute atomic E-state index is 12.6. The number of pyridine rings is 1. The van der Waals surface area contributed by atoms with E-state index in [1.807, 2.05) is 44.5 Å². The Morgan fingerprint density at radius 2 is 2.15 bits per heavy atom. The number of hydrogen-bond donors (Lipinski definition) is 1. The van der Waals surface area contributed by atoms with E-state index >= 15 is 0 Å². The van der Waals surface area contributed by atoms with Crippen LogP contribution in [0.25, 0.3) is 10.9 Å². The van der Waals surface area contributed by atoms with Crippen molar-refractivity contribution in [3.8, 4) is 18.1 Å². The molecular formula is C20H24N2O3S. The Bertz CT molecular complexity index is 847. The Kier molecular flexibility index (Phi) is 6.52. The number of aryl methyl sites for hydroxylation is 2. The first-order chi connectivity index (χ1) is 12.3. The molecular weight excluding hydrogens is 348 g/mol. The van der Waals surface area contributed by atoms with E-state index < -0.39 is 11.0 Å². The van der Waals surface area contributed by atoms with Gasteiger partial charge in [-0.2, -0.15) is 0 Å². The highest BCUT2D eigenvalue weighted by molar-refractivity contribution is 7.99. The molecule has 0 aliphatic rings. The van der Waals surface area contributed by atoms with Crippen LogP contribution in [-0.4, -0.2) is 41.8 Å². The molecule has 26 heavy (non-hydrogen) atoms. The average Bonchev–Trinajstić information content (AvgIpc) is 2.59. The van der Waals surface area contributed by atoms with E-state index in [2.05, 4.69) is 16.2 Å². The summed E-state index contributed by atoms with van der Waals surface area (Å²) in [5.74, 6) is 2.88. The molecule has 2 atom stereocenters. The van der Waals surface area contributed by atoms with Crippen molar-refractivity contribution in [1.29, 1.82) is 0 Å². The van der Waals surface area contributed by atoms with Crippen LogP contribution in [0.2, 0.25) is 0 Å². The lowest BCUT2D eigenvalue weighted by atomic mass is 10.1. The van der Waals surface area contributed by atoms with E-state index in [1.54, 1.807) is 6.92 Å². The Hall–Kier alpha value is -2.23. The van der Waals surface area contributed by atoms with Crippen molar-refractivity contribution in [2.75, 3.05) is 20.0 Å². The van der Waals surface area contributed by atoms with Crippen molar-refractivity contribution in [1.82, 2.24) is 10.3 Å². The minimum absolute atomic E-state index is 0.219. The van der Waals surface area contributed by atoms with Crippen LogP contribution in [0.5, 0.6) is 5.75 Å². The maximum Gasteiger partial charge on any atom is 0.272 e. The maximum atomic E-state index is 12.6. The summed E-state index contributed by atoms with van der Waals surface area (Å²) in [5.41, 5.74) is 1.37. The number of ether oxygens (including phenoxy) is 2. The number of terminal acetylenes is 1. The van der Waals surface area contributed by atoms with E-state index in [0.717, 1.165) is 22.0 Å². The molecule has 2 aromatic rings. The molecule has 1 N–H and O–H groups in total. The summed E-state index contributed by atoms with van der Waals surface area (Å²) in [6.45, 7) is 5.92. The summed E-state index contributed by atoms with van der Waals surface area (Å²) in [6, 6.07) is 5.83. The summed E-state index contributed by atoms with van der Waals surface area (Å²) in [4.78, 5) is 17.1. The summed E-state index contributed by atoms with van der Waals surface area (Å²) < 4.78 is 11.0. The van der Waals surface area contributed by atoms with Crippen LogP contribution in [0, 0.1) is 26.2 Å². The van der Waals surface area contributed by atoms with Gasteiger partial charge in [0.2, 0.25) is 5.44 Å². The number of carbonyl (C=O) groups is 1. The topological polar surface area (TPSA) is 60.5 Å². The molecule has 0 spiro atoms. The molecule has 0 fully saturated rings. The number of thioether (sulfide) groups is 1. The van der Waals surface area contributed by atoms with Crippen LogP contribution in [0.15, 0.2) is 24.4 Å². The predicted molar refractivity (Wildman–Crippen MR) is 106 cm³/mol. The van der Waals surface area contributed by atoms with Crippen LogP contribution in [0.1, 0.15) is 18.1 Å². The Balaban J connectivity index is 2.23. The molecule has 0 saturated carbocycles. The van der Waals surface area contributed by atoms with Crippen molar-refractivity contribution in [3.05, 3.63) is 35.5 Å². The van der Waals surface area contributed by atoms with Gasteiger partial charge < -0.3 is 14.8 Å². The second-order valence-corrected chi connectivity index (χ2v) is 7.31. The smallest absolute Gasteiger partial charge is 0.272 e. The highest BCUT2D eigenvalue weighted by Gasteiger charge is 2.29. The number of benzene rings is 1. The van der Waals surface area contributed by atoms with Gasteiger partial charge in [-0.1, -0.05) is 5.92 Å². The Morgan fingerprint density at radius 1 is 1.42 bits per heavy atom. The van der Waals surface area contributed by atoms with Crippen molar-refractivity contribution < 1.29 is 14.3 Å². The van der Waals surface area contributed by atoms with Gasteiger partial charge in [-0.3, -0.25) is 9.78 Å². The predicted octanol–water partition coefficient (Wildman–Crippen LogP) is 3.07. The third-order valence-electron chi connectivity index (χ3n) is 3.91. The third kappa shape index (κ3) is 4.69. The van der Waals surface area contributed by atoms with E-state index in [4.69, 9.17) is 15.9 Å². The standard InChI is InChI=1S/C20H24N2O3S/c1-7-20(4,12-24-5)22-18(23)19(26-6)25-16-9-14(3)17-15(10-16)8-13(2)11-21-17/h1,8-11,19H,12H2,2-6H3,(H,22,23). The van der Waals surface area contributed by atoms with Gasteiger partial charge in [-0.25, -0.2) is 0 Å². The van der Waals surface area contributed by atoms with Crippen molar-refractivity contribution in [2.45, 2.75) is 31.7 Å². The zero-order valence-corrected chi connectivity index (χ0v) is 16.6. The molecule has 0 aliphatic carbocycles. The number of hydrogen-bond acceptors (Lipinski definition) is 5. The van der Waals surface area contributed by atoms with E-state index in [1.165, 1.54) is 18.9 Å². The number of aromatic nitrogens is 1. The first kappa shape index (κ1) is 20.1. The molecule has 0 bridgehead atoms. The minimum atomic E-state index is -0.885. The lowest BCUT2D eigenvalue weighted by molar-refractivity contribution is -0.126. The number of nitrogens with one attached hydrogen (secondary N) is 1.